The molecular formula is C16H12. The molecule has 0 aliphatic heterocycles. The van der Waals surface area contributed by atoms with Gasteiger partial charge in [-0.2, -0.15) is 0 Å². The molecule has 76 valence electrons. The van der Waals surface area contributed by atoms with Crippen LogP contribution in [0, 0.1) is 0 Å². The zero-order chi connectivity index (χ0) is 10.5. The second kappa shape index (κ2) is 2.85. The molecule has 2 aromatic carbocycles. The minimum atomic E-state index is 1.10. The third-order valence-corrected chi connectivity index (χ3v) is 3.67. The number of allylic oxidation sites excluding steroid dienone is 2. The Bertz CT molecular complexity index is 657. The molecule has 0 heterocycles. The minimum absolute atomic E-state index is 1.10. The first kappa shape index (κ1) is 8.35. The Morgan fingerprint density at radius 3 is 2.69 bits per heavy atom. The van der Waals surface area contributed by atoms with Crippen LogP contribution in [0.2, 0.25) is 0 Å². The summed E-state index contributed by atoms with van der Waals surface area (Å²) in [6.07, 6.45) is 11.2. The van der Waals surface area contributed by atoms with Crippen molar-refractivity contribution in [3.8, 4) is 0 Å². The zero-order valence-electron chi connectivity index (χ0n) is 9.03. The van der Waals surface area contributed by atoms with E-state index in [-0.39, 0.29) is 0 Å². The molecule has 0 aromatic heterocycles. The van der Waals surface area contributed by atoms with E-state index in [1.54, 1.807) is 0 Å². The van der Waals surface area contributed by atoms with Crippen molar-refractivity contribution < 1.29 is 0 Å². The van der Waals surface area contributed by atoms with Crippen LogP contribution in [0.4, 0.5) is 0 Å². The molecule has 4 rings (SSSR count). The van der Waals surface area contributed by atoms with Gasteiger partial charge < -0.3 is 0 Å². The standard InChI is InChI=1S/C16H12/c1-4-12-9-14-8-7-11-3-2-6-15(11)16(14)10-13(12)5-1/h1-2,4,6-10H,3,5H2. The van der Waals surface area contributed by atoms with Crippen LogP contribution in [-0.2, 0) is 12.8 Å². The Balaban J connectivity index is 2.14. The first-order valence-corrected chi connectivity index (χ1v) is 5.83. The highest BCUT2D eigenvalue weighted by Crippen LogP contribution is 2.32. The van der Waals surface area contributed by atoms with Gasteiger partial charge in [-0.3, -0.25) is 0 Å². The van der Waals surface area contributed by atoms with Crippen molar-refractivity contribution in [1.29, 1.82) is 0 Å². The molecule has 0 heteroatoms. The van der Waals surface area contributed by atoms with Crippen molar-refractivity contribution in [1.82, 2.24) is 0 Å². The second-order valence-corrected chi connectivity index (χ2v) is 4.62. The van der Waals surface area contributed by atoms with Gasteiger partial charge >= 0.3 is 0 Å². The van der Waals surface area contributed by atoms with Crippen molar-refractivity contribution >= 4 is 22.9 Å². The van der Waals surface area contributed by atoms with E-state index in [9.17, 15) is 0 Å². The van der Waals surface area contributed by atoms with Crippen LogP contribution in [0.15, 0.2) is 36.4 Å². The van der Waals surface area contributed by atoms with E-state index in [1.165, 1.54) is 33.0 Å². The van der Waals surface area contributed by atoms with E-state index in [4.69, 9.17) is 0 Å². The smallest absolute Gasteiger partial charge is 0.00879 e. The van der Waals surface area contributed by atoms with Crippen molar-refractivity contribution in [2.24, 2.45) is 0 Å². The first-order valence-electron chi connectivity index (χ1n) is 5.83. The third-order valence-electron chi connectivity index (χ3n) is 3.67. The molecule has 16 heavy (non-hydrogen) atoms. The number of rotatable bonds is 0. The zero-order valence-corrected chi connectivity index (χ0v) is 9.03. The van der Waals surface area contributed by atoms with E-state index < -0.39 is 0 Å². The van der Waals surface area contributed by atoms with Gasteiger partial charge in [0.15, 0.2) is 0 Å². The van der Waals surface area contributed by atoms with Crippen molar-refractivity contribution in [2.45, 2.75) is 12.8 Å². The highest BCUT2D eigenvalue weighted by molar-refractivity contribution is 5.95. The molecule has 2 aliphatic rings. The first-order chi connectivity index (χ1) is 7.92. The minimum Gasteiger partial charge on any atom is -0.0795 e. The predicted molar refractivity (Wildman–Crippen MR) is 69.4 cm³/mol. The Morgan fingerprint density at radius 2 is 1.69 bits per heavy atom. The molecule has 0 unspecified atom stereocenters. The highest BCUT2D eigenvalue weighted by Gasteiger charge is 2.12. The molecule has 0 saturated carbocycles. The third kappa shape index (κ3) is 0.992. The molecule has 0 nitrogen and oxygen atoms in total. The lowest BCUT2D eigenvalue weighted by Crippen LogP contribution is -1.88. The lowest BCUT2D eigenvalue weighted by molar-refractivity contribution is 1.31. The Hall–Kier alpha value is -1.82. The van der Waals surface area contributed by atoms with Crippen LogP contribution in [0.1, 0.15) is 22.3 Å². The molecule has 0 fully saturated rings. The maximum Gasteiger partial charge on any atom is -0.00879 e. The summed E-state index contributed by atoms with van der Waals surface area (Å²) in [6.45, 7) is 0. The summed E-state index contributed by atoms with van der Waals surface area (Å²) in [7, 11) is 0. The van der Waals surface area contributed by atoms with Crippen LogP contribution in [-0.4, -0.2) is 0 Å². The van der Waals surface area contributed by atoms with E-state index >= 15 is 0 Å². The maximum absolute atomic E-state index is 2.37. The van der Waals surface area contributed by atoms with Crippen molar-refractivity contribution in [3.63, 3.8) is 0 Å². The van der Waals surface area contributed by atoms with Gasteiger partial charge in [0.1, 0.15) is 0 Å². The van der Waals surface area contributed by atoms with Gasteiger partial charge in [-0.25, -0.2) is 0 Å². The Labute approximate surface area is 94.9 Å². The summed E-state index contributed by atoms with van der Waals surface area (Å²) >= 11 is 0. The summed E-state index contributed by atoms with van der Waals surface area (Å²) in [5.74, 6) is 0. The molecule has 0 N–H and O–H groups in total. The van der Waals surface area contributed by atoms with E-state index in [0.29, 0.717) is 0 Å². The average Bonchev–Trinajstić information content (AvgIpc) is 2.94. The fourth-order valence-electron chi connectivity index (χ4n) is 2.83. The molecule has 0 radical (unpaired) electrons. The Kier molecular flexibility index (Phi) is 1.49. The summed E-state index contributed by atoms with van der Waals surface area (Å²) in [5, 5.41) is 2.80. The summed E-state index contributed by atoms with van der Waals surface area (Å²) in [5.41, 5.74) is 5.78. The number of hydrogen-bond acceptors (Lipinski definition) is 0. The molecular weight excluding hydrogens is 192 g/mol. The lowest BCUT2D eigenvalue weighted by atomic mass is 9.97. The molecule has 2 aliphatic carbocycles. The molecule has 0 amide bonds. The fraction of sp³-hybridized carbons (Fsp3) is 0.125. The van der Waals surface area contributed by atoms with E-state index in [0.717, 1.165) is 12.8 Å². The van der Waals surface area contributed by atoms with E-state index in [1.807, 2.05) is 0 Å². The van der Waals surface area contributed by atoms with E-state index in [2.05, 4.69) is 48.6 Å². The molecule has 0 spiro atoms. The summed E-state index contributed by atoms with van der Waals surface area (Å²) in [6, 6.07) is 9.22. The molecule has 0 saturated heterocycles. The topological polar surface area (TPSA) is 0 Å². The average molecular weight is 204 g/mol. The van der Waals surface area contributed by atoms with Crippen LogP contribution >= 0.6 is 0 Å². The molecule has 2 aromatic rings. The predicted octanol–water partition coefficient (Wildman–Crippen LogP) is 3.98. The highest BCUT2D eigenvalue weighted by atomic mass is 14.2. The van der Waals surface area contributed by atoms with Crippen LogP contribution in [0.5, 0.6) is 0 Å². The van der Waals surface area contributed by atoms with Gasteiger partial charge in [0.05, 0.1) is 0 Å². The van der Waals surface area contributed by atoms with Crippen molar-refractivity contribution in [2.75, 3.05) is 0 Å². The SMILES string of the molecule is C1=Cc2cc3ccc4c(c3cc2C1)C=CC4. The van der Waals surface area contributed by atoms with Crippen LogP contribution < -0.4 is 0 Å². The maximum atomic E-state index is 2.37. The summed E-state index contributed by atoms with van der Waals surface area (Å²) in [4.78, 5) is 0. The van der Waals surface area contributed by atoms with Gasteiger partial charge in [-0.15, -0.1) is 0 Å². The van der Waals surface area contributed by atoms with Gasteiger partial charge in [0.2, 0.25) is 0 Å². The number of benzene rings is 2. The lowest BCUT2D eigenvalue weighted by Gasteiger charge is -2.08. The van der Waals surface area contributed by atoms with Crippen molar-refractivity contribution in [3.05, 3.63) is 58.7 Å². The Morgan fingerprint density at radius 1 is 0.812 bits per heavy atom. The normalized spacial score (nSPS) is 15.8. The van der Waals surface area contributed by atoms with Gasteiger partial charge in [0, 0.05) is 0 Å². The largest absolute Gasteiger partial charge is 0.0795 e. The fourth-order valence-corrected chi connectivity index (χ4v) is 2.83. The van der Waals surface area contributed by atoms with Gasteiger partial charge in [0.25, 0.3) is 0 Å². The van der Waals surface area contributed by atoms with Crippen LogP contribution in [0.3, 0.4) is 0 Å². The quantitative estimate of drug-likeness (QED) is 0.609. The summed E-state index contributed by atoms with van der Waals surface area (Å²) < 4.78 is 0. The van der Waals surface area contributed by atoms with Gasteiger partial charge in [-0.05, 0) is 58.0 Å². The number of fused-ring (bicyclic) bond motifs is 4. The molecule has 0 bridgehead atoms. The van der Waals surface area contributed by atoms with Gasteiger partial charge in [-0.1, -0.05) is 36.4 Å². The second-order valence-electron chi connectivity index (χ2n) is 4.62. The molecule has 0 atom stereocenters. The number of hydrogen-bond donors (Lipinski definition) is 0. The van der Waals surface area contributed by atoms with Crippen LogP contribution in [0.25, 0.3) is 22.9 Å². The monoisotopic (exact) mass is 204 g/mol.